The Balaban J connectivity index is 2.12. The van der Waals surface area contributed by atoms with E-state index in [9.17, 15) is 4.79 Å². The topological polar surface area (TPSA) is 26.3 Å². The first-order valence-electron chi connectivity index (χ1n) is 6.58. The van der Waals surface area contributed by atoms with Crippen molar-refractivity contribution < 1.29 is 9.53 Å². The third kappa shape index (κ3) is 3.82. The van der Waals surface area contributed by atoms with E-state index < -0.39 is 0 Å². The number of carbonyl (C=O) groups excluding carboxylic acids is 1. The highest BCUT2D eigenvalue weighted by Gasteiger charge is 2.02. The molecule has 2 aromatic carbocycles. The summed E-state index contributed by atoms with van der Waals surface area (Å²) in [6, 6.07) is 15.9. The van der Waals surface area contributed by atoms with E-state index >= 15 is 0 Å². The predicted octanol–water partition coefficient (Wildman–Crippen LogP) is 4.53. The predicted molar refractivity (Wildman–Crippen MR) is 81.7 cm³/mol. The van der Waals surface area contributed by atoms with Crippen LogP contribution in [0.2, 0.25) is 0 Å². The van der Waals surface area contributed by atoms with Crippen molar-refractivity contribution in [2.24, 2.45) is 0 Å². The molecular weight excluding hydrogens is 248 g/mol. The van der Waals surface area contributed by atoms with Gasteiger partial charge < -0.3 is 4.74 Å². The Morgan fingerprint density at radius 3 is 1.90 bits per heavy atom. The summed E-state index contributed by atoms with van der Waals surface area (Å²) >= 11 is 0. The Morgan fingerprint density at radius 2 is 1.40 bits per heavy atom. The fraction of sp³-hybridized carbons (Fsp3) is 0.167. The van der Waals surface area contributed by atoms with Crippen LogP contribution in [0.25, 0.3) is 11.1 Å². The minimum Gasteiger partial charge on any atom is -0.423 e. The maximum absolute atomic E-state index is 11.5. The van der Waals surface area contributed by atoms with Crippen LogP contribution in [0.3, 0.4) is 0 Å². The summed E-state index contributed by atoms with van der Waals surface area (Å²) in [4.78, 5) is 11.5. The molecule has 2 heteroatoms. The number of carbonyl (C=O) groups is 1. The number of hydrogen-bond donors (Lipinski definition) is 0. The van der Waals surface area contributed by atoms with Crippen LogP contribution in [0.5, 0.6) is 5.75 Å². The van der Waals surface area contributed by atoms with E-state index in [2.05, 4.69) is 31.2 Å². The Hall–Kier alpha value is -2.35. The third-order valence-corrected chi connectivity index (χ3v) is 2.86. The zero-order valence-corrected chi connectivity index (χ0v) is 12.0. The lowest BCUT2D eigenvalue weighted by molar-refractivity contribution is -0.129. The zero-order valence-electron chi connectivity index (χ0n) is 12.0. The summed E-state index contributed by atoms with van der Waals surface area (Å²) in [5.41, 5.74) is 4.41. The molecular formula is C18H18O2. The van der Waals surface area contributed by atoms with E-state index in [0.29, 0.717) is 5.75 Å². The average Bonchev–Trinajstić information content (AvgIpc) is 2.39. The second kappa shape index (κ2) is 6.20. The summed E-state index contributed by atoms with van der Waals surface area (Å²) in [5.74, 6) is 0.219. The van der Waals surface area contributed by atoms with Crippen LogP contribution < -0.4 is 4.74 Å². The first-order valence-corrected chi connectivity index (χ1v) is 6.58. The molecule has 0 atom stereocenters. The third-order valence-electron chi connectivity index (χ3n) is 2.86. The molecule has 0 unspecified atom stereocenters. The van der Waals surface area contributed by atoms with Crippen LogP contribution in [0, 0.1) is 6.92 Å². The van der Waals surface area contributed by atoms with Gasteiger partial charge in [-0.25, -0.2) is 4.79 Å². The summed E-state index contributed by atoms with van der Waals surface area (Å²) in [6.45, 7) is 5.79. The first-order chi connectivity index (χ1) is 9.54. The van der Waals surface area contributed by atoms with E-state index in [1.165, 1.54) is 11.6 Å². The smallest absolute Gasteiger partial charge is 0.336 e. The molecule has 0 fully saturated rings. The molecule has 2 aromatic rings. The molecule has 0 saturated carbocycles. The van der Waals surface area contributed by atoms with Gasteiger partial charge in [0.2, 0.25) is 0 Å². The molecule has 0 amide bonds. The monoisotopic (exact) mass is 266 g/mol. The number of aryl methyl sites for hydroxylation is 1. The Morgan fingerprint density at radius 1 is 0.900 bits per heavy atom. The number of hydrogen-bond acceptors (Lipinski definition) is 2. The van der Waals surface area contributed by atoms with Gasteiger partial charge in [0.05, 0.1) is 0 Å². The average molecular weight is 266 g/mol. The van der Waals surface area contributed by atoms with Crippen molar-refractivity contribution in [1.29, 1.82) is 0 Å². The van der Waals surface area contributed by atoms with Crippen LogP contribution in [-0.4, -0.2) is 5.97 Å². The lowest BCUT2D eigenvalue weighted by Gasteiger charge is -2.05. The number of rotatable bonds is 3. The zero-order chi connectivity index (χ0) is 14.5. The van der Waals surface area contributed by atoms with Crippen LogP contribution >= 0.6 is 0 Å². The molecule has 2 nitrogen and oxygen atoms in total. The Labute approximate surface area is 119 Å². The van der Waals surface area contributed by atoms with Crippen LogP contribution in [0.4, 0.5) is 0 Å². The lowest BCUT2D eigenvalue weighted by Crippen LogP contribution is -2.04. The highest BCUT2D eigenvalue weighted by molar-refractivity contribution is 5.84. The van der Waals surface area contributed by atoms with E-state index in [-0.39, 0.29) is 5.97 Å². The van der Waals surface area contributed by atoms with Gasteiger partial charge >= 0.3 is 5.97 Å². The SMILES string of the molecule is CC(C)=CC(=O)Oc1ccc(-c2ccc(C)cc2)cc1. The van der Waals surface area contributed by atoms with Gasteiger partial charge in [-0.3, -0.25) is 0 Å². The molecule has 0 aliphatic heterocycles. The molecule has 0 spiro atoms. The molecule has 0 aromatic heterocycles. The summed E-state index contributed by atoms with van der Waals surface area (Å²) in [6.07, 6.45) is 1.48. The number of benzene rings is 2. The second-order valence-electron chi connectivity index (χ2n) is 5.03. The number of esters is 1. The molecule has 0 heterocycles. The second-order valence-corrected chi connectivity index (χ2v) is 5.03. The van der Waals surface area contributed by atoms with Gasteiger partial charge in [0.15, 0.2) is 0 Å². The normalized spacial score (nSPS) is 9.95. The van der Waals surface area contributed by atoms with Crippen LogP contribution in [-0.2, 0) is 4.79 Å². The maximum Gasteiger partial charge on any atom is 0.336 e. The highest BCUT2D eigenvalue weighted by atomic mass is 16.5. The minimum absolute atomic E-state index is 0.340. The maximum atomic E-state index is 11.5. The van der Waals surface area contributed by atoms with Crippen LogP contribution in [0.15, 0.2) is 60.2 Å². The van der Waals surface area contributed by atoms with Gasteiger partial charge in [-0.05, 0) is 44.0 Å². The van der Waals surface area contributed by atoms with Crippen molar-refractivity contribution in [2.45, 2.75) is 20.8 Å². The summed E-state index contributed by atoms with van der Waals surface area (Å²) < 4.78 is 5.22. The van der Waals surface area contributed by atoms with E-state index in [1.807, 2.05) is 38.1 Å². The fourth-order valence-corrected chi connectivity index (χ4v) is 1.84. The highest BCUT2D eigenvalue weighted by Crippen LogP contribution is 2.22. The quantitative estimate of drug-likeness (QED) is 0.463. The standard InChI is InChI=1S/C18H18O2/c1-13(2)12-18(19)20-17-10-8-16(9-11-17)15-6-4-14(3)5-7-15/h4-12H,1-3H3. The molecule has 0 saturated heterocycles. The molecule has 20 heavy (non-hydrogen) atoms. The number of allylic oxidation sites excluding steroid dienone is 1. The van der Waals surface area contributed by atoms with Gasteiger partial charge in [-0.15, -0.1) is 0 Å². The fourth-order valence-electron chi connectivity index (χ4n) is 1.84. The van der Waals surface area contributed by atoms with Gasteiger partial charge in [-0.1, -0.05) is 47.5 Å². The Bertz CT molecular complexity index is 615. The minimum atomic E-state index is -0.340. The van der Waals surface area contributed by atoms with E-state index in [0.717, 1.165) is 16.7 Å². The van der Waals surface area contributed by atoms with Gasteiger partial charge in [0.1, 0.15) is 5.75 Å². The van der Waals surface area contributed by atoms with Crippen molar-refractivity contribution in [3.8, 4) is 16.9 Å². The summed E-state index contributed by atoms with van der Waals surface area (Å²) in [5, 5.41) is 0. The van der Waals surface area contributed by atoms with E-state index in [1.54, 1.807) is 0 Å². The van der Waals surface area contributed by atoms with Crippen LogP contribution in [0.1, 0.15) is 19.4 Å². The van der Waals surface area contributed by atoms with Crippen molar-refractivity contribution >= 4 is 5.97 Å². The van der Waals surface area contributed by atoms with Crippen molar-refractivity contribution in [3.63, 3.8) is 0 Å². The molecule has 0 aliphatic rings. The molecule has 102 valence electrons. The molecule has 2 rings (SSSR count). The lowest BCUT2D eigenvalue weighted by atomic mass is 10.0. The molecule has 0 radical (unpaired) electrons. The van der Waals surface area contributed by atoms with Gasteiger partial charge in [-0.2, -0.15) is 0 Å². The molecule has 0 N–H and O–H groups in total. The van der Waals surface area contributed by atoms with Crippen molar-refractivity contribution in [3.05, 3.63) is 65.7 Å². The van der Waals surface area contributed by atoms with Crippen molar-refractivity contribution in [1.82, 2.24) is 0 Å². The van der Waals surface area contributed by atoms with Gasteiger partial charge in [0.25, 0.3) is 0 Å². The summed E-state index contributed by atoms with van der Waals surface area (Å²) in [7, 11) is 0. The molecule has 0 bridgehead atoms. The Kier molecular flexibility index (Phi) is 4.36. The van der Waals surface area contributed by atoms with Crippen molar-refractivity contribution in [2.75, 3.05) is 0 Å². The van der Waals surface area contributed by atoms with Gasteiger partial charge in [0, 0.05) is 6.08 Å². The number of ether oxygens (including phenoxy) is 1. The first kappa shape index (κ1) is 14.1. The van der Waals surface area contributed by atoms with E-state index in [4.69, 9.17) is 4.74 Å². The molecule has 0 aliphatic carbocycles. The largest absolute Gasteiger partial charge is 0.423 e.